The van der Waals surface area contributed by atoms with Crippen molar-refractivity contribution >= 4 is 29.1 Å². The first-order valence-electron chi connectivity index (χ1n) is 9.28. The quantitative estimate of drug-likeness (QED) is 0.385. The molecule has 7 heteroatoms. The molecule has 0 aliphatic carbocycles. The zero-order chi connectivity index (χ0) is 21.3. The Balaban J connectivity index is 1.52. The van der Waals surface area contributed by atoms with Crippen molar-refractivity contribution in [3.63, 3.8) is 0 Å². The third kappa shape index (κ3) is 3.60. The van der Waals surface area contributed by atoms with Crippen LogP contribution in [0.2, 0.25) is 0 Å². The van der Waals surface area contributed by atoms with Gasteiger partial charge in [0.05, 0.1) is 11.8 Å². The van der Waals surface area contributed by atoms with Crippen LogP contribution in [0.3, 0.4) is 0 Å². The van der Waals surface area contributed by atoms with E-state index in [1.165, 1.54) is 0 Å². The highest BCUT2D eigenvalue weighted by Gasteiger charge is 2.13. The van der Waals surface area contributed by atoms with Crippen LogP contribution in [0.5, 0.6) is 0 Å². The van der Waals surface area contributed by atoms with E-state index < -0.39 is 11.9 Å². The normalized spacial score (nSPS) is 11.3. The standard InChI is InChI=1S/C23H19N3O4/c1-14-11-18(15(2)26(14)19-9-7-16(8-10-19)23(28)29)13-24-25-22(27)21-12-17-5-3-4-6-20(17)30-21/h3-13H,1-2H3,(H,25,27)(H,28,29)/b24-13-. The van der Waals surface area contributed by atoms with Gasteiger partial charge >= 0.3 is 11.9 Å². The van der Waals surface area contributed by atoms with Gasteiger partial charge in [0.15, 0.2) is 5.76 Å². The van der Waals surface area contributed by atoms with Gasteiger partial charge < -0.3 is 14.1 Å². The van der Waals surface area contributed by atoms with Crippen LogP contribution in [-0.4, -0.2) is 27.8 Å². The van der Waals surface area contributed by atoms with E-state index in [9.17, 15) is 9.59 Å². The van der Waals surface area contributed by atoms with Gasteiger partial charge in [0.1, 0.15) is 5.58 Å². The third-order valence-corrected chi connectivity index (χ3v) is 4.86. The number of carbonyl (C=O) groups excluding carboxylic acids is 1. The van der Waals surface area contributed by atoms with Crippen LogP contribution in [0.1, 0.15) is 37.9 Å². The number of nitrogens with one attached hydrogen (secondary N) is 1. The smallest absolute Gasteiger partial charge is 0.335 e. The van der Waals surface area contributed by atoms with E-state index in [1.807, 2.05) is 42.7 Å². The van der Waals surface area contributed by atoms with Crippen molar-refractivity contribution < 1.29 is 19.1 Å². The van der Waals surface area contributed by atoms with Crippen LogP contribution in [0.15, 0.2) is 70.2 Å². The number of carboxylic acids is 1. The Morgan fingerprint density at radius 1 is 1.07 bits per heavy atom. The number of nitrogens with zero attached hydrogens (tertiary/aromatic N) is 2. The summed E-state index contributed by atoms with van der Waals surface area (Å²) in [6.07, 6.45) is 1.57. The van der Waals surface area contributed by atoms with Crippen molar-refractivity contribution in [1.29, 1.82) is 0 Å². The Kier molecular flexibility index (Phi) is 4.93. The maximum Gasteiger partial charge on any atom is 0.335 e. The molecule has 0 spiro atoms. The molecule has 0 atom stereocenters. The van der Waals surface area contributed by atoms with Gasteiger partial charge in [-0.15, -0.1) is 0 Å². The molecule has 0 aliphatic rings. The number of benzene rings is 2. The Morgan fingerprint density at radius 3 is 2.50 bits per heavy atom. The number of aromatic nitrogens is 1. The lowest BCUT2D eigenvalue weighted by Gasteiger charge is -2.09. The Hall–Kier alpha value is -4.13. The van der Waals surface area contributed by atoms with Crippen LogP contribution in [0, 0.1) is 13.8 Å². The summed E-state index contributed by atoms with van der Waals surface area (Å²) in [6.45, 7) is 3.88. The van der Waals surface area contributed by atoms with Gasteiger partial charge in [-0.3, -0.25) is 4.79 Å². The number of carboxylic acid groups (broad SMARTS) is 1. The fourth-order valence-corrected chi connectivity index (χ4v) is 3.38. The van der Waals surface area contributed by atoms with E-state index >= 15 is 0 Å². The third-order valence-electron chi connectivity index (χ3n) is 4.86. The lowest BCUT2D eigenvalue weighted by Crippen LogP contribution is -2.16. The van der Waals surface area contributed by atoms with E-state index in [2.05, 4.69) is 10.5 Å². The molecular weight excluding hydrogens is 382 g/mol. The molecule has 4 rings (SSSR count). The molecule has 0 saturated heterocycles. The van der Waals surface area contributed by atoms with Crippen LogP contribution in [0.4, 0.5) is 0 Å². The summed E-state index contributed by atoms with van der Waals surface area (Å²) in [4.78, 5) is 23.3. The predicted molar refractivity (Wildman–Crippen MR) is 113 cm³/mol. The fraction of sp³-hybridized carbons (Fsp3) is 0.0870. The average Bonchev–Trinajstić information content (AvgIpc) is 3.29. The second kappa shape index (κ2) is 7.71. The SMILES string of the molecule is Cc1cc(/C=N\NC(=O)c2cc3ccccc3o2)c(C)n1-c1ccc(C(=O)O)cc1. The first-order valence-corrected chi connectivity index (χ1v) is 9.28. The van der Waals surface area contributed by atoms with Crippen LogP contribution >= 0.6 is 0 Å². The summed E-state index contributed by atoms with van der Waals surface area (Å²) in [5.74, 6) is -1.20. The van der Waals surface area contributed by atoms with E-state index in [0.717, 1.165) is 28.0 Å². The minimum Gasteiger partial charge on any atom is -0.478 e. The van der Waals surface area contributed by atoms with E-state index in [-0.39, 0.29) is 11.3 Å². The molecule has 7 nitrogen and oxygen atoms in total. The van der Waals surface area contributed by atoms with Gasteiger partial charge in [-0.25, -0.2) is 10.2 Å². The van der Waals surface area contributed by atoms with Gasteiger partial charge in [0.2, 0.25) is 0 Å². The number of hydrogen-bond acceptors (Lipinski definition) is 4. The van der Waals surface area contributed by atoms with Crippen LogP contribution in [-0.2, 0) is 0 Å². The minimum atomic E-state index is -0.962. The van der Waals surface area contributed by atoms with Crippen molar-refractivity contribution in [1.82, 2.24) is 9.99 Å². The Bertz CT molecular complexity index is 1250. The molecular formula is C23H19N3O4. The minimum absolute atomic E-state index is 0.192. The number of para-hydroxylation sites is 1. The molecule has 0 radical (unpaired) electrons. The first kappa shape index (κ1) is 19.2. The maximum absolute atomic E-state index is 12.3. The van der Waals surface area contributed by atoms with Crippen molar-refractivity contribution in [2.45, 2.75) is 13.8 Å². The van der Waals surface area contributed by atoms with Gasteiger partial charge in [-0.05, 0) is 56.3 Å². The number of carbonyl (C=O) groups is 2. The first-order chi connectivity index (χ1) is 14.4. The number of hydrazone groups is 1. The molecule has 2 aromatic heterocycles. The van der Waals surface area contributed by atoms with Gasteiger partial charge in [-0.2, -0.15) is 5.10 Å². The number of aryl methyl sites for hydroxylation is 1. The summed E-state index contributed by atoms with van der Waals surface area (Å²) < 4.78 is 7.53. The largest absolute Gasteiger partial charge is 0.478 e. The molecule has 1 amide bonds. The monoisotopic (exact) mass is 401 g/mol. The molecule has 0 saturated carbocycles. The van der Waals surface area contributed by atoms with Crippen molar-refractivity contribution in [2.75, 3.05) is 0 Å². The highest BCUT2D eigenvalue weighted by atomic mass is 16.4. The van der Waals surface area contributed by atoms with Crippen molar-refractivity contribution in [2.24, 2.45) is 5.10 Å². The number of rotatable bonds is 5. The predicted octanol–water partition coefficient (Wildman–Crippen LogP) is 4.30. The Labute approximate surface area is 172 Å². The van der Waals surface area contributed by atoms with Crippen molar-refractivity contribution in [3.05, 3.63) is 88.9 Å². The Morgan fingerprint density at radius 2 is 1.80 bits per heavy atom. The average molecular weight is 401 g/mol. The molecule has 0 bridgehead atoms. The summed E-state index contributed by atoms with van der Waals surface area (Å²) >= 11 is 0. The molecule has 2 aromatic carbocycles. The topological polar surface area (TPSA) is 96.8 Å². The molecule has 0 aliphatic heterocycles. The second-order valence-corrected chi connectivity index (χ2v) is 6.86. The number of furan rings is 1. The number of hydrogen-bond donors (Lipinski definition) is 2. The summed E-state index contributed by atoms with van der Waals surface area (Å²) in [6, 6.07) is 17.7. The summed E-state index contributed by atoms with van der Waals surface area (Å²) in [7, 11) is 0. The molecule has 0 fully saturated rings. The maximum atomic E-state index is 12.3. The number of fused-ring (bicyclic) bond motifs is 1. The molecule has 2 N–H and O–H groups in total. The number of amides is 1. The van der Waals surface area contributed by atoms with E-state index in [0.29, 0.717) is 5.58 Å². The number of aromatic carboxylic acids is 1. The second-order valence-electron chi connectivity index (χ2n) is 6.86. The van der Waals surface area contributed by atoms with Crippen molar-refractivity contribution in [3.8, 4) is 5.69 Å². The summed E-state index contributed by atoms with van der Waals surface area (Å²) in [5, 5.41) is 14.0. The highest BCUT2D eigenvalue weighted by Crippen LogP contribution is 2.21. The van der Waals surface area contributed by atoms with Crippen LogP contribution in [0.25, 0.3) is 16.7 Å². The lowest BCUT2D eigenvalue weighted by atomic mass is 10.2. The zero-order valence-corrected chi connectivity index (χ0v) is 16.4. The molecule has 2 heterocycles. The van der Waals surface area contributed by atoms with Gasteiger partial charge in [0.25, 0.3) is 0 Å². The molecule has 150 valence electrons. The van der Waals surface area contributed by atoms with Crippen LogP contribution < -0.4 is 5.43 Å². The summed E-state index contributed by atoms with van der Waals surface area (Å²) in [5.41, 5.74) is 6.92. The molecule has 4 aromatic rings. The fourth-order valence-electron chi connectivity index (χ4n) is 3.38. The van der Waals surface area contributed by atoms with E-state index in [4.69, 9.17) is 9.52 Å². The van der Waals surface area contributed by atoms with Gasteiger partial charge in [-0.1, -0.05) is 18.2 Å². The molecule has 30 heavy (non-hydrogen) atoms. The molecule has 0 unspecified atom stereocenters. The zero-order valence-electron chi connectivity index (χ0n) is 16.4. The highest BCUT2D eigenvalue weighted by molar-refractivity contribution is 5.96. The van der Waals surface area contributed by atoms with Gasteiger partial charge in [0, 0.05) is 28.0 Å². The lowest BCUT2D eigenvalue weighted by molar-refractivity contribution is 0.0696. The van der Waals surface area contributed by atoms with E-state index in [1.54, 1.807) is 42.6 Å².